The molecule has 2 aromatic carbocycles. The Kier molecular flexibility index (Phi) is 6.35. The van der Waals surface area contributed by atoms with Crippen molar-refractivity contribution in [3.8, 4) is 11.6 Å². The van der Waals surface area contributed by atoms with Gasteiger partial charge in [0.25, 0.3) is 0 Å². The summed E-state index contributed by atoms with van der Waals surface area (Å²) >= 11 is 6.53. The van der Waals surface area contributed by atoms with Gasteiger partial charge in [-0.2, -0.15) is 0 Å². The first-order chi connectivity index (χ1) is 15.0. The van der Waals surface area contributed by atoms with Crippen molar-refractivity contribution in [2.24, 2.45) is 5.73 Å². The maximum absolute atomic E-state index is 13.5. The minimum absolute atomic E-state index is 0.0168. The molecule has 2 N–H and O–H groups in total. The Morgan fingerprint density at radius 3 is 2.55 bits per heavy atom. The molecule has 0 spiro atoms. The van der Waals surface area contributed by atoms with Crippen molar-refractivity contribution < 1.29 is 13.9 Å². The Labute approximate surface area is 187 Å². The number of rotatable bonds is 6. The van der Waals surface area contributed by atoms with Gasteiger partial charge in [-0.25, -0.2) is 9.37 Å². The quantitative estimate of drug-likeness (QED) is 0.506. The van der Waals surface area contributed by atoms with Crippen molar-refractivity contribution >= 4 is 22.4 Å². The summed E-state index contributed by atoms with van der Waals surface area (Å²) in [6.45, 7) is 2.11. The molecule has 164 valence electrons. The fourth-order valence-electron chi connectivity index (χ4n) is 4.85. The number of nitrogens with zero attached hydrogens (tertiary/aromatic N) is 1. The number of halogens is 2. The van der Waals surface area contributed by atoms with E-state index in [4.69, 9.17) is 26.8 Å². The van der Waals surface area contributed by atoms with Crippen molar-refractivity contribution in [2.45, 2.75) is 56.6 Å². The highest BCUT2D eigenvalue weighted by Gasteiger charge is 2.41. The number of hydrogen-bond donors (Lipinski definition) is 1. The Morgan fingerprint density at radius 2 is 1.90 bits per heavy atom. The zero-order valence-electron chi connectivity index (χ0n) is 17.9. The van der Waals surface area contributed by atoms with Crippen LogP contribution in [-0.4, -0.2) is 24.2 Å². The van der Waals surface area contributed by atoms with Crippen molar-refractivity contribution in [2.75, 3.05) is 7.11 Å². The molecule has 3 aromatic rings. The summed E-state index contributed by atoms with van der Waals surface area (Å²) in [6.07, 6.45) is 6.13. The van der Waals surface area contributed by atoms with Gasteiger partial charge in [-0.3, -0.25) is 0 Å². The summed E-state index contributed by atoms with van der Waals surface area (Å²) in [5.41, 5.74) is 7.55. The Hall–Kier alpha value is -2.37. The fraction of sp³-hybridized carbons (Fsp3) is 0.400. The monoisotopic (exact) mass is 442 g/mol. The van der Waals surface area contributed by atoms with Crippen LogP contribution in [0.1, 0.15) is 44.6 Å². The number of methoxy groups -OCH3 is 1. The van der Waals surface area contributed by atoms with Gasteiger partial charge in [0.05, 0.1) is 18.2 Å². The molecule has 1 heterocycles. The minimum atomic E-state index is -0.223. The van der Waals surface area contributed by atoms with Crippen molar-refractivity contribution in [3.63, 3.8) is 0 Å². The Balaban J connectivity index is 1.54. The minimum Gasteiger partial charge on any atom is -0.489 e. The van der Waals surface area contributed by atoms with Crippen molar-refractivity contribution in [1.29, 1.82) is 0 Å². The van der Waals surface area contributed by atoms with E-state index >= 15 is 0 Å². The van der Waals surface area contributed by atoms with E-state index in [1.54, 1.807) is 13.3 Å². The fourth-order valence-corrected chi connectivity index (χ4v) is 5.06. The number of aromatic nitrogens is 1. The van der Waals surface area contributed by atoms with Crippen LogP contribution in [0.3, 0.4) is 0 Å². The molecular weight excluding hydrogens is 415 g/mol. The standard InChI is InChI=1S/C25H28ClFN2O2/c1-3-23(28)25(17-4-6-18(27)7-5-17)11-8-19(9-12-25)31-22-14-16-10-13-29-24(30-2)20(16)15-21(22)26/h4-7,10,13-15,19,23H,3,8-9,11-12,28H2,1-2H3/t19?,23-,25?/m0/s1. The molecule has 4 nitrogen and oxygen atoms in total. The third-order valence-corrected chi connectivity index (χ3v) is 6.96. The first-order valence-electron chi connectivity index (χ1n) is 10.8. The topological polar surface area (TPSA) is 57.4 Å². The number of hydrogen-bond acceptors (Lipinski definition) is 4. The van der Waals surface area contributed by atoms with Crippen molar-refractivity contribution in [1.82, 2.24) is 4.98 Å². The van der Waals surface area contributed by atoms with Gasteiger partial charge in [-0.15, -0.1) is 0 Å². The molecular formula is C25H28ClFN2O2. The van der Waals surface area contributed by atoms with Gasteiger partial charge < -0.3 is 15.2 Å². The van der Waals surface area contributed by atoms with Gasteiger partial charge >= 0.3 is 0 Å². The molecule has 1 atom stereocenters. The molecule has 1 aliphatic rings. The molecule has 0 unspecified atom stereocenters. The van der Waals surface area contributed by atoms with Crippen LogP contribution in [0.4, 0.5) is 4.39 Å². The maximum atomic E-state index is 13.5. The predicted molar refractivity (Wildman–Crippen MR) is 123 cm³/mol. The molecule has 0 saturated heterocycles. The van der Waals surface area contributed by atoms with E-state index in [-0.39, 0.29) is 23.4 Å². The van der Waals surface area contributed by atoms with Crippen LogP contribution >= 0.6 is 11.6 Å². The highest BCUT2D eigenvalue weighted by atomic mass is 35.5. The molecule has 1 aromatic heterocycles. The van der Waals surface area contributed by atoms with Crippen LogP contribution in [0.2, 0.25) is 5.02 Å². The van der Waals surface area contributed by atoms with Crippen LogP contribution in [0, 0.1) is 5.82 Å². The highest BCUT2D eigenvalue weighted by molar-refractivity contribution is 6.33. The highest BCUT2D eigenvalue weighted by Crippen LogP contribution is 2.44. The Morgan fingerprint density at radius 1 is 1.19 bits per heavy atom. The third-order valence-electron chi connectivity index (χ3n) is 6.66. The van der Waals surface area contributed by atoms with Gasteiger partial charge in [-0.05, 0) is 73.4 Å². The van der Waals surface area contributed by atoms with Crippen LogP contribution < -0.4 is 15.2 Å². The van der Waals surface area contributed by atoms with E-state index in [0.29, 0.717) is 16.7 Å². The molecule has 1 saturated carbocycles. The van der Waals surface area contributed by atoms with Crippen LogP contribution in [-0.2, 0) is 5.41 Å². The molecule has 31 heavy (non-hydrogen) atoms. The Bertz CT molecular complexity index is 1050. The molecule has 6 heteroatoms. The van der Waals surface area contributed by atoms with Gasteiger partial charge in [0.1, 0.15) is 11.6 Å². The van der Waals surface area contributed by atoms with E-state index in [9.17, 15) is 4.39 Å². The predicted octanol–water partition coefficient (Wildman–Crippen LogP) is 6.03. The SMILES string of the molecule is CC[C@H](N)C1(c2ccc(F)cc2)CCC(Oc2cc3ccnc(OC)c3cc2Cl)CC1. The largest absolute Gasteiger partial charge is 0.489 e. The molecule has 0 amide bonds. The van der Waals surface area contributed by atoms with Gasteiger partial charge in [0.2, 0.25) is 5.88 Å². The summed E-state index contributed by atoms with van der Waals surface area (Å²) in [7, 11) is 1.59. The second-order valence-corrected chi connectivity index (χ2v) is 8.73. The van der Waals surface area contributed by atoms with Gasteiger partial charge in [-0.1, -0.05) is 30.7 Å². The average Bonchev–Trinajstić information content (AvgIpc) is 2.80. The lowest BCUT2D eigenvalue weighted by molar-refractivity contribution is 0.104. The lowest BCUT2D eigenvalue weighted by atomic mass is 9.64. The van der Waals surface area contributed by atoms with Gasteiger partial charge in [0, 0.05) is 23.0 Å². The smallest absolute Gasteiger partial charge is 0.221 e. The number of ether oxygens (including phenoxy) is 2. The summed E-state index contributed by atoms with van der Waals surface area (Å²) in [6, 6.07) is 12.5. The third kappa shape index (κ3) is 4.21. The van der Waals surface area contributed by atoms with Crippen LogP contribution in [0.15, 0.2) is 48.7 Å². The lowest BCUT2D eigenvalue weighted by Gasteiger charge is -2.44. The molecule has 1 aliphatic carbocycles. The second-order valence-electron chi connectivity index (χ2n) is 8.32. The number of fused-ring (bicyclic) bond motifs is 1. The van der Waals surface area contributed by atoms with E-state index in [1.807, 2.05) is 30.3 Å². The maximum Gasteiger partial charge on any atom is 0.221 e. The summed E-state index contributed by atoms with van der Waals surface area (Å²) in [5, 5.41) is 2.37. The first-order valence-corrected chi connectivity index (χ1v) is 11.1. The molecule has 0 aliphatic heterocycles. The van der Waals surface area contributed by atoms with Gasteiger partial charge in [0.15, 0.2) is 0 Å². The number of pyridine rings is 1. The molecule has 0 bridgehead atoms. The summed E-state index contributed by atoms with van der Waals surface area (Å²) in [4.78, 5) is 4.23. The zero-order valence-corrected chi connectivity index (χ0v) is 18.7. The zero-order chi connectivity index (χ0) is 22.0. The van der Waals surface area contributed by atoms with Crippen LogP contribution in [0.5, 0.6) is 11.6 Å². The van der Waals surface area contributed by atoms with E-state index < -0.39 is 0 Å². The summed E-state index contributed by atoms with van der Waals surface area (Å²) < 4.78 is 25.2. The first kappa shape index (κ1) is 21.8. The lowest BCUT2D eigenvalue weighted by Crippen LogP contribution is -2.48. The van der Waals surface area contributed by atoms with E-state index in [0.717, 1.165) is 48.4 Å². The number of benzene rings is 2. The van der Waals surface area contributed by atoms with Crippen LogP contribution in [0.25, 0.3) is 10.8 Å². The number of nitrogens with two attached hydrogens (primary N) is 1. The van der Waals surface area contributed by atoms with Crippen molar-refractivity contribution in [3.05, 3.63) is 65.1 Å². The average molecular weight is 443 g/mol. The molecule has 0 radical (unpaired) electrons. The van der Waals surface area contributed by atoms with E-state index in [1.165, 1.54) is 12.1 Å². The molecule has 4 rings (SSSR count). The second kappa shape index (κ2) is 9.01. The summed E-state index contributed by atoms with van der Waals surface area (Å²) in [5.74, 6) is 0.988. The molecule has 1 fully saturated rings. The van der Waals surface area contributed by atoms with E-state index in [2.05, 4.69) is 11.9 Å². The normalized spacial score (nSPS) is 22.3.